The second kappa shape index (κ2) is 5.36. The molecule has 1 aliphatic carbocycles. The third-order valence-electron chi connectivity index (χ3n) is 2.94. The van der Waals surface area contributed by atoms with E-state index in [0.29, 0.717) is 11.3 Å². The lowest BCUT2D eigenvalue weighted by atomic mass is 9.89. The van der Waals surface area contributed by atoms with Gasteiger partial charge in [0.05, 0.1) is 0 Å². The molecule has 0 aliphatic heterocycles. The summed E-state index contributed by atoms with van der Waals surface area (Å²) in [4.78, 5) is 5.65. The van der Waals surface area contributed by atoms with Crippen LogP contribution in [-0.2, 0) is 0 Å². The zero-order chi connectivity index (χ0) is 10.5. The van der Waals surface area contributed by atoms with Gasteiger partial charge in [0.15, 0.2) is 6.61 Å². The SMILES string of the molecule is ClC1CCCCC1CO[n+]1ccccc1. The topological polar surface area (TPSA) is 13.1 Å². The summed E-state index contributed by atoms with van der Waals surface area (Å²) in [6.07, 6.45) is 8.70. The number of hydrogen-bond donors (Lipinski definition) is 0. The van der Waals surface area contributed by atoms with Crippen LogP contribution in [0.25, 0.3) is 0 Å². The molecule has 82 valence electrons. The summed E-state index contributed by atoms with van der Waals surface area (Å²) in [7, 11) is 0. The molecule has 0 saturated heterocycles. The number of alkyl halides is 1. The molecule has 2 unspecified atom stereocenters. The molecule has 1 aromatic heterocycles. The first-order chi connectivity index (χ1) is 7.36. The van der Waals surface area contributed by atoms with Gasteiger partial charge >= 0.3 is 0 Å². The molecule has 2 atom stereocenters. The summed E-state index contributed by atoms with van der Waals surface area (Å²) in [5.74, 6) is 0.508. The Morgan fingerprint density at radius 3 is 2.60 bits per heavy atom. The molecule has 1 aliphatic rings. The highest BCUT2D eigenvalue weighted by Crippen LogP contribution is 2.27. The van der Waals surface area contributed by atoms with Crippen LogP contribution in [0.3, 0.4) is 0 Å². The molecule has 1 heterocycles. The molecule has 15 heavy (non-hydrogen) atoms. The third kappa shape index (κ3) is 3.10. The number of rotatable bonds is 3. The maximum Gasteiger partial charge on any atom is 0.222 e. The smallest absolute Gasteiger partial charge is 0.222 e. The van der Waals surface area contributed by atoms with E-state index in [1.165, 1.54) is 19.3 Å². The van der Waals surface area contributed by atoms with Gasteiger partial charge in [-0.2, -0.15) is 0 Å². The predicted octanol–water partition coefficient (Wildman–Crippen LogP) is 2.20. The van der Waals surface area contributed by atoms with Crippen molar-refractivity contribution >= 4 is 11.6 Å². The van der Waals surface area contributed by atoms with Crippen LogP contribution in [-0.4, -0.2) is 12.0 Å². The lowest BCUT2D eigenvalue weighted by Crippen LogP contribution is -2.45. The van der Waals surface area contributed by atoms with Gasteiger partial charge in [-0.05, 0) is 12.8 Å². The van der Waals surface area contributed by atoms with E-state index in [0.717, 1.165) is 13.0 Å². The van der Waals surface area contributed by atoms with Crippen LogP contribution in [0.2, 0.25) is 0 Å². The molecule has 0 bridgehead atoms. The highest BCUT2D eigenvalue weighted by molar-refractivity contribution is 6.20. The van der Waals surface area contributed by atoms with Crippen LogP contribution in [0.5, 0.6) is 0 Å². The predicted molar refractivity (Wildman–Crippen MR) is 59.7 cm³/mol. The Bertz CT molecular complexity index is 291. The van der Waals surface area contributed by atoms with Crippen molar-refractivity contribution in [3.63, 3.8) is 0 Å². The number of nitrogens with zero attached hydrogens (tertiary/aromatic N) is 1. The number of halogens is 1. The Kier molecular flexibility index (Phi) is 3.84. The standard InChI is InChI=1S/C12H17ClNO/c13-12-7-3-2-6-11(12)10-15-14-8-4-1-5-9-14/h1,4-5,8-9,11-12H,2-3,6-7,10H2/q+1. The highest BCUT2D eigenvalue weighted by atomic mass is 35.5. The Morgan fingerprint density at radius 1 is 1.13 bits per heavy atom. The number of aromatic nitrogens is 1. The van der Waals surface area contributed by atoms with Crippen molar-refractivity contribution in [2.45, 2.75) is 31.1 Å². The lowest BCUT2D eigenvalue weighted by Gasteiger charge is -2.24. The van der Waals surface area contributed by atoms with Gasteiger partial charge in [-0.1, -0.05) is 18.9 Å². The molecule has 0 radical (unpaired) electrons. The van der Waals surface area contributed by atoms with Gasteiger partial charge in [-0.3, -0.25) is 4.84 Å². The fourth-order valence-corrected chi connectivity index (χ4v) is 2.35. The van der Waals surface area contributed by atoms with Gasteiger partial charge in [0.2, 0.25) is 12.4 Å². The third-order valence-corrected chi connectivity index (χ3v) is 3.52. The van der Waals surface area contributed by atoms with E-state index in [1.54, 1.807) is 4.73 Å². The first-order valence-corrected chi connectivity index (χ1v) is 6.03. The maximum absolute atomic E-state index is 6.26. The molecule has 0 aromatic carbocycles. The van der Waals surface area contributed by atoms with Gasteiger partial charge < -0.3 is 0 Å². The zero-order valence-corrected chi connectivity index (χ0v) is 9.57. The van der Waals surface area contributed by atoms with E-state index in [2.05, 4.69) is 0 Å². The minimum Gasteiger partial charge on any atom is -0.271 e. The molecule has 3 heteroatoms. The molecule has 1 aromatic rings. The molecular formula is C12H17ClNO+. The summed E-state index contributed by atoms with van der Waals surface area (Å²) in [5.41, 5.74) is 0. The Morgan fingerprint density at radius 2 is 1.87 bits per heavy atom. The van der Waals surface area contributed by atoms with Gasteiger partial charge in [0, 0.05) is 28.2 Å². The van der Waals surface area contributed by atoms with Crippen molar-refractivity contribution in [1.82, 2.24) is 0 Å². The zero-order valence-electron chi connectivity index (χ0n) is 8.81. The molecule has 2 nitrogen and oxygen atoms in total. The number of pyridine rings is 1. The van der Waals surface area contributed by atoms with E-state index < -0.39 is 0 Å². The first-order valence-electron chi connectivity index (χ1n) is 5.60. The second-order valence-corrected chi connectivity index (χ2v) is 4.65. The van der Waals surface area contributed by atoms with Crippen LogP contribution >= 0.6 is 11.6 Å². The average molecular weight is 227 g/mol. The van der Waals surface area contributed by atoms with Crippen molar-refractivity contribution in [3.8, 4) is 0 Å². The molecule has 1 saturated carbocycles. The summed E-state index contributed by atoms with van der Waals surface area (Å²) >= 11 is 6.26. The van der Waals surface area contributed by atoms with Crippen LogP contribution in [0.1, 0.15) is 25.7 Å². The summed E-state index contributed by atoms with van der Waals surface area (Å²) < 4.78 is 1.75. The Hall–Kier alpha value is -0.760. The Labute approximate surface area is 95.8 Å². The Balaban J connectivity index is 1.82. The van der Waals surface area contributed by atoms with Crippen molar-refractivity contribution in [2.24, 2.45) is 5.92 Å². The molecule has 2 rings (SSSR count). The van der Waals surface area contributed by atoms with E-state index in [1.807, 2.05) is 30.6 Å². The monoisotopic (exact) mass is 226 g/mol. The van der Waals surface area contributed by atoms with Crippen molar-refractivity contribution in [3.05, 3.63) is 30.6 Å². The normalized spacial score (nSPS) is 26.2. The van der Waals surface area contributed by atoms with E-state index >= 15 is 0 Å². The molecule has 0 N–H and O–H groups in total. The maximum atomic E-state index is 6.26. The minimum atomic E-state index is 0.295. The second-order valence-electron chi connectivity index (χ2n) is 4.09. The van der Waals surface area contributed by atoms with Crippen molar-refractivity contribution < 1.29 is 9.57 Å². The van der Waals surface area contributed by atoms with Gasteiger partial charge in [0.25, 0.3) is 0 Å². The highest BCUT2D eigenvalue weighted by Gasteiger charge is 2.25. The van der Waals surface area contributed by atoms with Gasteiger partial charge in [-0.15, -0.1) is 11.6 Å². The molecule has 1 fully saturated rings. The molecular weight excluding hydrogens is 210 g/mol. The fourth-order valence-electron chi connectivity index (χ4n) is 2.00. The van der Waals surface area contributed by atoms with Crippen LogP contribution in [0.4, 0.5) is 0 Å². The molecule has 0 amide bonds. The van der Waals surface area contributed by atoms with Crippen LogP contribution in [0.15, 0.2) is 30.6 Å². The van der Waals surface area contributed by atoms with Gasteiger partial charge in [0.1, 0.15) is 0 Å². The summed E-state index contributed by atoms with van der Waals surface area (Å²) in [5, 5.41) is 0.295. The largest absolute Gasteiger partial charge is 0.271 e. The summed E-state index contributed by atoms with van der Waals surface area (Å²) in [6, 6.07) is 5.89. The minimum absolute atomic E-state index is 0.295. The quantitative estimate of drug-likeness (QED) is 0.569. The average Bonchev–Trinajstić information content (AvgIpc) is 2.29. The van der Waals surface area contributed by atoms with Crippen molar-refractivity contribution in [2.75, 3.05) is 6.61 Å². The van der Waals surface area contributed by atoms with E-state index in [4.69, 9.17) is 16.4 Å². The lowest BCUT2D eigenvalue weighted by molar-refractivity contribution is -0.892. The van der Waals surface area contributed by atoms with E-state index in [-0.39, 0.29) is 0 Å². The van der Waals surface area contributed by atoms with Crippen LogP contribution in [0, 0.1) is 5.92 Å². The number of hydrogen-bond acceptors (Lipinski definition) is 1. The first kappa shape index (κ1) is 10.7. The summed E-state index contributed by atoms with van der Waals surface area (Å²) in [6.45, 7) is 0.725. The van der Waals surface area contributed by atoms with Crippen LogP contribution < -0.4 is 9.57 Å². The fraction of sp³-hybridized carbons (Fsp3) is 0.583. The van der Waals surface area contributed by atoms with E-state index in [9.17, 15) is 0 Å². The van der Waals surface area contributed by atoms with Gasteiger partial charge in [-0.25, -0.2) is 0 Å². The molecule has 0 spiro atoms. The van der Waals surface area contributed by atoms with Crippen molar-refractivity contribution in [1.29, 1.82) is 0 Å².